The lowest BCUT2D eigenvalue weighted by Gasteiger charge is -2.32. The second-order valence-electron chi connectivity index (χ2n) is 7.11. The van der Waals surface area contributed by atoms with Crippen molar-refractivity contribution in [3.63, 3.8) is 0 Å². The number of sulfonamides is 1. The zero-order valence-corrected chi connectivity index (χ0v) is 18.7. The van der Waals surface area contributed by atoms with E-state index in [1.54, 1.807) is 6.92 Å². The molecule has 168 valence electrons. The van der Waals surface area contributed by atoms with Gasteiger partial charge in [0.05, 0.1) is 11.9 Å². The lowest BCUT2D eigenvalue weighted by molar-refractivity contribution is -0.139. The van der Waals surface area contributed by atoms with E-state index in [4.69, 9.17) is 0 Å². The number of hydrogen-bond donors (Lipinski definition) is 1. The molecule has 0 aliphatic carbocycles. The summed E-state index contributed by atoms with van der Waals surface area (Å²) in [6.45, 7) is 1.48. The predicted octanol–water partition coefficient (Wildman–Crippen LogP) is 2.19. The second kappa shape index (κ2) is 10.9. The van der Waals surface area contributed by atoms with E-state index in [9.17, 15) is 22.4 Å². The zero-order valence-electron chi connectivity index (χ0n) is 17.9. The molecule has 7 nitrogen and oxygen atoms in total. The lowest BCUT2D eigenvalue weighted by atomic mass is 10.1. The summed E-state index contributed by atoms with van der Waals surface area (Å²) in [5.74, 6) is -1.49. The van der Waals surface area contributed by atoms with Gasteiger partial charge in [-0.25, -0.2) is 12.8 Å². The molecule has 0 bridgehead atoms. The van der Waals surface area contributed by atoms with E-state index in [1.807, 2.05) is 30.3 Å². The quantitative estimate of drug-likeness (QED) is 0.602. The Balaban J connectivity index is 2.33. The predicted molar refractivity (Wildman–Crippen MR) is 119 cm³/mol. The van der Waals surface area contributed by atoms with Crippen molar-refractivity contribution in [2.24, 2.45) is 0 Å². The van der Waals surface area contributed by atoms with Crippen LogP contribution in [0.2, 0.25) is 0 Å². The maximum atomic E-state index is 13.7. The van der Waals surface area contributed by atoms with Gasteiger partial charge >= 0.3 is 0 Å². The van der Waals surface area contributed by atoms with E-state index in [2.05, 4.69) is 5.32 Å². The number of amides is 2. The highest BCUT2D eigenvalue weighted by Gasteiger charge is 2.31. The Hall–Kier alpha value is -2.94. The van der Waals surface area contributed by atoms with Crippen LogP contribution in [0.1, 0.15) is 18.9 Å². The van der Waals surface area contributed by atoms with Gasteiger partial charge in [-0.1, -0.05) is 43.3 Å². The molecule has 2 rings (SSSR count). The second-order valence-corrected chi connectivity index (χ2v) is 9.02. The fraction of sp³-hybridized carbons (Fsp3) is 0.364. The Morgan fingerprint density at radius 3 is 2.32 bits per heavy atom. The van der Waals surface area contributed by atoms with Crippen molar-refractivity contribution in [2.75, 3.05) is 30.7 Å². The van der Waals surface area contributed by atoms with Crippen LogP contribution in [-0.2, 0) is 26.0 Å². The van der Waals surface area contributed by atoms with Crippen molar-refractivity contribution in [3.05, 3.63) is 66.0 Å². The molecule has 1 atom stereocenters. The van der Waals surface area contributed by atoms with Crippen molar-refractivity contribution < 1.29 is 22.4 Å². The fourth-order valence-electron chi connectivity index (χ4n) is 3.31. The molecular formula is C22H28FN3O4S. The zero-order chi connectivity index (χ0) is 23.0. The average Bonchev–Trinajstić information content (AvgIpc) is 2.74. The molecule has 0 spiro atoms. The minimum atomic E-state index is -3.87. The molecule has 0 fully saturated rings. The third kappa shape index (κ3) is 6.78. The molecule has 2 amide bonds. The number of hydrogen-bond acceptors (Lipinski definition) is 4. The Morgan fingerprint density at radius 1 is 1.10 bits per heavy atom. The first kappa shape index (κ1) is 24.3. The number of halogens is 1. The van der Waals surface area contributed by atoms with E-state index >= 15 is 0 Å². The topological polar surface area (TPSA) is 86.8 Å². The minimum Gasteiger partial charge on any atom is -0.357 e. The third-order valence-corrected chi connectivity index (χ3v) is 6.03. The number of anilines is 1. The van der Waals surface area contributed by atoms with Gasteiger partial charge in [-0.2, -0.15) is 0 Å². The summed E-state index contributed by atoms with van der Waals surface area (Å²) in [5, 5.41) is 2.56. The van der Waals surface area contributed by atoms with Gasteiger partial charge in [-0.05, 0) is 36.6 Å². The molecule has 0 saturated heterocycles. The van der Waals surface area contributed by atoms with Crippen LogP contribution in [0, 0.1) is 5.82 Å². The summed E-state index contributed by atoms with van der Waals surface area (Å²) in [4.78, 5) is 27.0. The normalized spacial score (nSPS) is 12.1. The average molecular weight is 450 g/mol. The maximum Gasteiger partial charge on any atom is 0.244 e. The van der Waals surface area contributed by atoms with Crippen molar-refractivity contribution in [1.29, 1.82) is 0 Å². The first-order valence-electron chi connectivity index (χ1n) is 9.95. The summed E-state index contributed by atoms with van der Waals surface area (Å²) in [6.07, 6.45) is 1.81. The summed E-state index contributed by atoms with van der Waals surface area (Å²) in [5.41, 5.74) is 1.03. The van der Waals surface area contributed by atoms with Crippen LogP contribution in [0.25, 0.3) is 0 Å². The largest absolute Gasteiger partial charge is 0.357 e. The van der Waals surface area contributed by atoms with Gasteiger partial charge < -0.3 is 10.2 Å². The summed E-state index contributed by atoms with van der Waals surface area (Å²) < 4.78 is 39.3. The number of benzene rings is 2. The Morgan fingerprint density at radius 2 is 1.77 bits per heavy atom. The number of likely N-dealkylation sites (N-methyl/N-ethyl adjacent to an activating group) is 1. The minimum absolute atomic E-state index is 0.0480. The lowest BCUT2D eigenvalue weighted by Crippen LogP contribution is -2.52. The van der Waals surface area contributed by atoms with E-state index in [1.165, 1.54) is 30.1 Å². The molecule has 1 N–H and O–H groups in total. The summed E-state index contributed by atoms with van der Waals surface area (Å²) >= 11 is 0. The van der Waals surface area contributed by atoms with Crippen molar-refractivity contribution in [2.45, 2.75) is 25.8 Å². The van der Waals surface area contributed by atoms with E-state index in [0.29, 0.717) is 12.8 Å². The number of rotatable bonds is 10. The highest BCUT2D eigenvalue weighted by Crippen LogP contribution is 2.20. The summed E-state index contributed by atoms with van der Waals surface area (Å²) in [6, 6.07) is 13.8. The highest BCUT2D eigenvalue weighted by atomic mass is 32.2. The van der Waals surface area contributed by atoms with Gasteiger partial charge in [-0.15, -0.1) is 0 Å². The molecule has 0 aliphatic heterocycles. The standard InChI is InChI=1S/C22H28FN3O4S/c1-4-20(22(28)24-2)25(14-13-17-9-6-5-7-10-17)21(27)16-26(31(3,29)30)19-12-8-11-18(23)15-19/h5-12,15,20H,4,13-14,16H2,1-3H3,(H,24,28). The van der Waals surface area contributed by atoms with Crippen LogP contribution in [0.15, 0.2) is 54.6 Å². The molecule has 0 saturated carbocycles. The molecule has 9 heteroatoms. The SMILES string of the molecule is CCC(C(=O)NC)N(CCc1ccccc1)C(=O)CN(c1cccc(F)c1)S(C)(=O)=O. The highest BCUT2D eigenvalue weighted by molar-refractivity contribution is 7.92. The van der Waals surface area contributed by atoms with E-state index in [0.717, 1.165) is 22.2 Å². The number of nitrogens with one attached hydrogen (secondary N) is 1. The van der Waals surface area contributed by atoms with Crippen LogP contribution >= 0.6 is 0 Å². The van der Waals surface area contributed by atoms with Crippen LogP contribution in [-0.4, -0.2) is 57.6 Å². The van der Waals surface area contributed by atoms with Gasteiger partial charge in [0.25, 0.3) is 0 Å². The molecule has 0 heterocycles. The van der Waals surface area contributed by atoms with Crippen molar-refractivity contribution in [3.8, 4) is 0 Å². The van der Waals surface area contributed by atoms with Crippen molar-refractivity contribution >= 4 is 27.5 Å². The molecule has 1 unspecified atom stereocenters. The van der Waals surface area contributed by atoms with Crippen LogP contribution in [0.5, 0.6) is 0 Å². The fourth-order valence-corrected chi connectivity index (χ4v) is 4.15. The number of nitrogens with zero attached hydrogens (tertiary/aromatic N) is 2. The Kier molecular flexibility index (Phi) is 8.56. The van der Waals surface area contributed by atoms with Crippen LogP contribution in [0.4, 0.5) is 10.1 Å². The van der Waals surface area contributed by atoms with Crippen LogP contribution in [0.3, 0.4) is 0 Å². The Labute approximate surface area is 182 Å². The first-order valence-corrected chi connectivity index (χ1v) is 11.8. The number of carbonyl (C=O) groups is 2. The van der Waals surface area contributed by atoms with Gasteiger partial charge in [-0.3, -0.25) is 13.9 Å². The van der Waals surface area contributed by atoms with Crippen molar-refractivity contribution in [1.82, 2.24) is 10.2 Å². The van der Waals surface area contributed by atoms with E-state index in [-0.39, 0.29) is 18.1 Å². The van der Waals surface area contributed by atoms with Crippen LogP contribution < -0.4 is 9.62 Å². The smallest absolute Gasteiger partial charge is 0.244 e. The van der Waals surface area contributed by atoms with E-state index < -0.39 is 34.3 Å². The molecule has 2 aromatic rings. The Bertz CT molecular complexity index is 999. The monoisotopic (exact) mass is 449 g/mol. The van der Waals surface area contributed by atoms with Gasteiger partial charge in [0, 0.05) is 13.6 Å². The first-order chi connectivity index (χ1) is 14.7. The molecular weight excluding hydrogens is 421 g/mol. The molecule has 0 radical (unpaired) electrons. The summed E-state index contributed by atoms with van der Waals surface area (Å²) in [7, 11) is -2.38. The van der Waals surface area contributed by atoms with Gasteiger partial charge in [0.1, 0.15) is 18.4 Å². The maximum absolute atomic E-state index is 13.7. The van der Waals surface area contributed by atoms with Gasteiger partial charge in [0.2, 0.25) is 21.8 Å². The molecule has 2 aromatic carbocycles. The molecule has 0 aliphatic rings. The molecule has 31 heavy (non-hydrogen) atoms. The molecule has 0 aromatic heterocycles. The number of carbonyl (C=O) groups excluding carboxylic acids is 2. The van der Waals surface area contributed by atoms with Gasteiger partial charge in [0.15, 0.2) is 0 Å². The third-order valence-electron chi connectivity index (χ3n) is 4.89.